The summed E-state index contributed by atoms with van der Waals surface area (Å²) in [5, 5.41) is 7.20. The zero-order chi connectivity index (χ0) is 34.6. The minimum atomic E-state index is -3.63. The Kier molecular flexibility index (Phi) is 10.1. The third-order valence-electron chi connectivity index (χ3n) is 8.12. The first kappa shape index (κ1) is 34.5. The van der Waals surface area contributed by atoms with Gasteiger partial charge in [0.15, 0.2) is 5.75 Å². The van der Waals surface area contributed by atoms with Crippen molar-refractivity contribution in [2.75, 3.05) is 61.4 Å². The number of hydrogen-bond acceptors (Lipinski definition) is 8. The van der Waals surface area contributed by atoms with Gasteiger partial charge in [-0.1, -0.05) is 52.0 Å². The molecular formula is C35H42N6O6S. The van der Waals surface area contributed by atoms with Crippen LogP contribution in [0.25, 0.3) is 10.8 Å². The highest BCUT2D eigenvalue weighted by atomic mass is 32.2. The number of sulfonamides is 1. The number of rotatable bonds is 9. The Morgan fingerprint density at radius 3 is 2.21 bits per heavy atom. The predicted octanol–water partition coefficient (Wildman–Crippen LogP) is 6.13. The number of likely N-dealkylation sites (N-methyl/N-ethyl adjacent to an activating group) is 1. The molecule has 0 unspecified atom stereocenters. The molecule has 48 heavy (non-hydrogen) atoms. The fraction of sp³-hybridized carbons (Fsp3) is 0.343. The van der Waals surface area contributed by atoms with Crippen LogP contribution in [0.2, 0.25) is 0 Å². The fourth-order valence-corrected chi connectivity index (χ4v) is 6.09. The molecule has 0 radical (unpaired) electrons. The van der Waals surface area contributed by atoms with Crippen molar-refractivity contribution in [3.8, 4) is 17.2 Å². The van der Waals surface area contributed by atoms with E-state index in [4.69, 9.17) is 9.47 Å². The first-order valence-electron chi connectivity index (χ1n) is 15.7. The summed E-state index contributed by atoms with van der Waals surface area (Å²) < 4.78 is 38.5. The number of amides is 3. The maximum Gasteiger partial charge on any atom is 0.323 e. The summed E-state index contributed by atoms with van der Waals surface area (Å²) in [6, 6.07) is 17.2. The molecule has 0 saturated carbocycles. The van der Waals surface area contributed by atoms with Gasteiger partial charge in [-0.25, -0.2) is 13.2 Å². The number of fused-ring (bicyclic) bond motifs is 1. The van der Waals surface area contributed by atoms with E-state index in [2.05, 4.69) is 32.2 Å². The first-order valence-corrected chi connectivity index (χ1v) is 17.6. The number of nitrogens with zero attached hydrogens (tertiary/aromatic N) is 3. The quantitative estimate of drug-likeness (QED) is 0.193. The van der Waals surface area contributed by atoms with E-state index in [0.717, 1.165) is 42.2 Å². The second-order valence-corrected chi connectivity index (χ2v) is 14.4. The molecule has 0 spiro atoms. The van der Waals surface area contributed by atoms with Crippen molar-refractivity contribution in [1.29, 1.82) is 0 Å². The molecule has 1 saturated heterocycles. The number of ether oxygens (including phenoxy) is 2. The van der Waals surface area contributed by atoms with E-state index in [1.54, 1.807) is 42.6 Å². The Bertz CT molecular complexity index is 1930. The van der Waals surface area contributed by atoms with Crippen LogP contribution in [0.5, 0.6) is 17.2 Å². The number of carbonyl (C=O) groups excluding carboxylic acids is 2. The van der Waals surface area contributed by atoms with Gasteiger partial charge >= 0.3 is 6.03 Å². The minimum Gasteiger partial charge on any atom is -0.492 e. The predicted molar refractivity (Wildman–Crippen MR) is 189 cm³/mol. The van der Waals surface area contributed by atoms with E-state index in [-0.39, 0.29) is 22.8 Å². The topological polar surface area (TPSA) is 142 Å². The Hall–Kier alpha value is -4.88. The number of aromatic nitrogens is 1. The molecule has 0 atom stereocenters. The highest BCUT2D eigenvalue weighted by Crippen LogP contribution is 2.40. The van der Waals surface area contributed by atoms with Gasteiger partial charge < -0.3 is 29.9 Å². The molecule has 5 rings (SSSR count). The van der Waals surface area contributed by atoms with Crippen molar-refractivity contribution in [3.05, 3.63) is 78.1 Å². The number of pyridine rings is 1. The molecular weight excluding hydrogens is 632 g/mol. The number of hydrogen-bond donors (Lipinski definition) is 3. The lowest BCUT2D eigenvalue weighted by atomic mass is 9.86. The molecule has 2 heterocycles. The summed E-state index contributed by atoms with van der Waals surface area (Å²) in [6.45, 7) is 12.0. The van der Waals surface area contributed by atoms with Crippen LogP contribution in [-0.2, 0) is 15.4 Å². The molecule has 3 amide bonds. The summed E-state index contributed by atoms with van der Waals surface area (Å²) in [7, 11) is -2.22. The minimum absolute atomic E-state index is 0.129. The molecule has 0 aliphatic carbocycles. The number of benzene rings is 3. The van der Waals surface area contributed by atoms with Crippen molar-refractivity contribution in [2.24, 2.45) is 0 Å². The first-order chi connectivity index (χ1) is 22.8. The Labute approximate surface area is 281 Å². The molecule has 3 aromatic carbocycles. The van der Waals surface area contributed by atoms with Gasteiger partial charge in [-0.05, 0) is 47.9 Å². The molecule has 1 fully saturated rings. The van der Waals surface area contributed by atoms with Gasteiger partial charge in [0.25, 0.3) is 5.91 Å². The zero-order valence-electron chi connectivity index (χ0n) is 28.1. The van der Waals surface area contributed by atoms with E-state index < -0.39 is 16.1 Å². The number of anilines is 3. The van der Waals surface area contributed by atoms with Crippen LogP contribution in [0, 0.1) is 0 Å². The molecule has 3 N–H and O–H groups in total. The average Bonchev–Trinajstić information content (AvgIpc) is 3.04. The summed E-state index contributed by atoms with van der Waals surface area (Å²) >= 11 is 0. The van der Waals surface area contributed by atoms with Crippen molar-refractivity contribution in [1.82, 2.24) is 14.8 Å². The van der Waals surface area contributed by atoms with Crippen LogP contribution in [0.4, 0.5) is 21.9 Å². The summed E-state index contributed by atoms with van der Waals surface area (Å²) in [6.07, 6.45) is 2.62. The van der Waals surface area contributed by atoms with Gasteiger partial charge in [-0.15, -0.1) is 0 Å². The highest BCUT2D eigenvalue weighted by Gasteiger charge is 2.24. The SMILES string of the molecule is CCN1CCN(C(=O)c2cc(Oc3ccc(NC(=O)Nc4cc(C(C)(C)C)cc(NS(C)(=O)=O)c4OC)c4ccccc34)ccn2)CC1. The van der Waals surface area contributed by atoms with Crippen molar-refractivity contribution >= 4 is 49.8 Å². The van der Waals surface area contributed by atoms with E-state index in [9.17, 15) is 18.0 Å². The molecule has 254 valence electrons. The lowest BCUT2D eigenvalue weighted by Crippen LogP contribution is -2.48. The van der Waals surface area contributed by atoms with E-state index in [0.29, 0.717) is 41.7 Å². The zero-order valence-corrected chi connectivity index (χ0v) is 28.9. The lowest BCUT2D eigenvalue weighted by Gasteiger charge is -2.33. The second-order valence-electron chi connectivity index (χ2n) is 12.7. The van der Waals surface area contributed by atoms with Crippen molar-refractivity contribution in [2.45, 2.75) is 33.1 Å². The number of nitrogens with one attached hydrogen (secondary N) is 3. The van der Waals surface area contributed by atoms with Gasteiger partial charge in [0.05, 0.1) is 30.4 Å². The maximum atomic E-state index is 13.4. The smallest absolute Gasteiger partial charge is 0.323 e. The monoisotopic (exact) mass is 674 g/mol. The van der Waals surface area contributed by atoms with Crippen LogP contribution in [0.15, 0.2) is 66.9 Å². The molecule has 4 aromatic rings. The number of carbonyl (C=O) groups is 2. The number of urea groups is 1. The van der Waals surface area contributed by atoms with Crippen LogP contribution in [0.3, 0.4) is 0 Å². The van der Waals surface area contributed by atoms with Crippen LogP contribution in [0.1, 0.15) is 43.7 Å². The standard InChI is InChI=1S/C35H42N6O6S/c1-7-40-16-18-41(19-17-40)33(42)30-22-24(14-15-36-30)47-31-13-12-27(25-10-8-9-11-26(25)31)37-34(43)38-28-20-23(35(2,3)4)21-29(32(28)46-5)39-48(6,44)45/h8-15,20-22,39H,7,16-19H2,1-6H3,(H2,37,38,43). The molecule has 1 aromatic heterocycles. The number of methoxy groups -OCH3 is 1. The lowest BCUT2D eigenvalue weighted by molar-refractivity contribution is 0.0637. The summed E-state index contributed by atoms with van der Waals surface area (Å²) in [5.74, 6) is 1.05. The fourth-order valence-electron chi connectivity index (χ4n) is 5.54. The van der Waals surface area contributed by atoms with Crippen LogP contribution < -0.4 is 24.8 Å². The van der Waals surface area contributed by atoms with E-state index >= 15 is 0 Å². The number of piperazine rings is 1. The van der Waals surface area contributed by atoms with Gasteiger partial charge in [0.1, 0.15) is 17.2 Å². The third-order valence-corrected chi connectivity index (χ3v) is 8.71. The Morgan fingerprint density at radius 2 is 1.56 bits per heavy atom. The van der Waals surface area contributed by atoms with Crippen LogP contribution in [-0.4, -0.2) is 81.2 Å². The maximum absolute atomic E-state index is 13.4. The summed E-state index contributed by atoms with van der Waals surface area (Å²) in [5.41, 5.74) is 1.79. The molecule has 0 bridgehead atoms. The van der Waals surface area contributed by atoms with E-state index in [1.807, 2.05) is 49.9 Å². The van der Waals surface area contributed by atoms with Crippen molar-refractivity contribution < 1.29 is 27.5 Å². The summed E-state index contributed by atoms with van der Waals surface area (Å²) in [4.78, 5) is 35.0. The molecule has 1 aliphatic rings. The Morgan fingerprint density at radius 1 is 0.896 bits per heavy atom. The molecule has 13 heteroatoms. The molecule has 12 nitrogen and oxygen atoms in total. The van der Waals surface area contributed by atoms with Gasteiger partial charge in [-0.2, -0.15) is 0 Å². The Balaban J connectivity index is 1.37. The largest absolute Gasteiger partial charge is 0.492 e. The van der Waals surface area contributed by atoms with Crippen LogP contribution >= 0.6 is 0 Å². The normalized spacial score (nSPS) is 14.0. The van der Waals surface area contributed by atoms with Crippen molar-refractivity contribution in [3.63, 3.8) is 0 Å². The highest BCUT2D eigenvalue weighted by molar-refractivity contribution is 7.92. The second kappa shape index (κ2) is 14.1. The third kappa shape index (κ3) is 8.15. The van der Waals surface area contributed by atoms with E-state index in [1.165, 1.54) is 7.11 Å². The molecule has 1 aliphatic heterocycles. The van der Waals surface area contributed by atoms with Gasteiger partial charge in [-0.3, -0.25) is 14.5 Å². The van der Waals surface area contributed by atoms with Gasteiger partial charge in [0, 0.05) is 49.2 Å². The average molecular weight is 675 g/mol. The van der Waals surface area contributed by atoms with Gasteiger partial charge in [0.2, 0.25) is 10.0 Å².